The lowest BCUT2D eigenvalue weighted by Gasteiger charge is -2.09. The lowest BCUT2D eigenvalue weighted by Crippen LogP contribution is -1.99. The molecule has 140 valence electrons. The standard InChI is InChI=1S/C19H18BrN3O3S/c1-4-17-21-22-19(26-17)27-16(18(24)25)10-13-9-11(2)23(12(13)3)15-7-5-14(20)6-8-15/h5-10H,4H2,1-3H3,(H,24,25)/b16-10-. The first-order valence-electron chi connectivity index (χ1n) is 8.29. The van der Waals surface area contributed by atoms with Crippen molar-refractivity contribution in [3.63, 3.8) is 0 Å². The molecule has 8 heteroatoms. The summed E-state index contributed by atoms with van der Waals surface area (Å²) < 4.78 is 8.51. The van der Waals surface area contributed by atoms with Gasteiger partial charge in [-0.15, -0.1) is 10.2 Å². The number of thioether (sulfide) groups is 1. The second-order valence-electron chi connectivity index (χ2n) is 5.87. The van der Waals surface area contributed by atoms with E-state index in [2.05, 4.69) is 30.7 Å². The SMILES string of the molecule is CCc1nnc(S/C(=C\c2cc(C)n(-c3ccc(Br)cc3)c2C)C(=O)O)o1. The van der Waals surface area contributed by atoms with Crippen LogP contribution in [0.15, 0.2) is 49.3 Å². The van der Waals surface area contributed by atoms with Gasteiger partial charge in [0, 0.05) is 28.0 Å². The van der Waals surface area contributed by atoms with Gasteiger partial charge in [0.15, 0.2) is 0 Å². The fourth-order valence-corrected chi connectivity index (χ4v) is 3.66. The van der Waals surface area contributed by atoms with Gasteiger partial charge in [-0.2, -0.15) is 0 Å². The van der Waals surface area contributed by atoms with Crippen LogP contribution in [0.2, 0.25) is 0 Å². The van der Waals surface area contributed by atoms with Crippen molar-refractivity contribution in [1.82, 2.24) is 14.8 Å². The highest BCUT2D eigenvalue weighted by Gasteiger charge is 2.17. The predicted molar refractivity (Wildman–Crippen MR) is 108 cm³/mol. The first-order chi connectivity index (χ1) is 12.9. The molecule has 27 heavy (non-hydrogen) atoms. The second kappa shape index (κ2) is 8.14. The molecule has 0 saturated carbocycles. The molecule has 0 amide bonds. The zero-order valence-corrected chi connectivity index (χ0v) is 17.5. The summed E-state index contributed by atoms with van der Waals surface area (Å²) in [5.41, 5.74) is 3.81. The number of nitrogens with zero attached hydrogens (tertiary/aromatic N) is 3. The lowest BCUT2D eigenvalue weighted by atomic mass is 10.2. The fraction of sp³-hybridized carbons (Fsp3) is 0.211. The number of rotatable bonds is 6. The molecule has 2 aromatic heterocycles. The molecule has 0 fully saturated rings. The highest BCUT2D eigenvalue weighted by Crippen LogP contribution is 2.30. The highest BCUT2D eigenvalue weighted by molar-refractivity contribution is 9.10. The number of benzene rings is 1. The van der Waals surface area contributed by atoms with Gasteiger partial charge >= 0.3 is 5.97 Å². The highest BCUT2D eigenvalue weighted by atomic mass is 79.9. The third kappa shape index (κ3) is 4.33. The Kier molecular flexibility index (Phi) is 5.86. The topological polar surface area (TPSA) is 81.2 Å². The largest absolute Gasteiger partial charge is 0.477 e. The molecule has 1 aromatic carbocycles. The van der Waals surface area contributed by atoms with E-state index in [4.69, 9.17) is 4.42 Å². The molecule has 0 aliphatic rings. The summed E-state index contributed by atoms with van der Waals surface area (Å²) >= 11 is 4.40. The van der Waals surface area contributed by atoms with Gasteiger partial charge in [-0.25, -0.2) is 4.79 Å². The van der Waals surface area contributed by atoms with E-state index in [1.165, 1.54) is 0 Å². The van der Waals surface area contributed by atoms with Crippen molar-refractivity contribution in [2.75, 3.05) is 0 Å². The maximum absolute atomic E-state index is 11.7. The summed E-state index contributed by atoms with van der Waals surface area (Å²) in [7, 11) is 0. The van der Waals surface area contributed by atoms with Gasteiger partial charge in [-0.3, -0.25) is 0 Å². The van der Waals surface area contributed by atoms with Gasteiger partial charge in [-0.05, 0) is 67.6 Å². The molecule has 0 bridgehead atoms. The van der Waals surface area contributed by atoms with Crippen LogP contribution < -0.4 is 0 Å². The van der Waals surface area contributed by atoms with E-state index in [-0.39, 0.29) is 10.1 Å². The monoisotopic (exact) mass is 447 g/mol. The maximum Gasteiger partial charge on any atom is 0.342 e. The number of carboxylic acid groups (broad SMARTS) is 1. The zero-order valence-electron chi connectivity index (χ0n) is 15.1. The third-order valence-electron chi connectivity index (χ3n) is 4.00. The van der Waals surface area contributed by atoms with Crippen LogP contribution in [0.25, 0.3) is 11.8 Å². The Hall–Kier alpha value is -2.32. The van der Waals surface area contributed by atoms with E-state index in [1.54, 1.807) is 6.08 Å². The predicted octanol–water partition coefficient (Wildman–Crippen LogP) is 5.02. The fourth-order valence-electron chi connectivity index (χ4n) is 2.71. The minimum Gasteiger partial charge on any atom is -0.477 e. The summed E-state index contributed by atoms with van der Waals surface area (Å²) in [5, 5.41) is 17.6. The Morgan fingerprint density at radius 3 is 2.59 bits per heavy atom. The van der Waals surface area contributed by atoms with Crippen LogP contribution >= 0.6 is 27.7 Å². The van der Waals surface area contributed by atoms with Gasteiger partial charge in [-0.1, -0.05) is 22.9 Å². The van der Waals surface area contributed by atoms with Crippen molar-refractivity contribution in [1.29, 1.82) is 0 Å². The molecular formula is C19H18BrN3O3S. The average Bonchev–Trinajstić information content (AvgIpc) is 3.20. The normalized spacial score (nSPS) is 11.8. The van der Waals surface area contributed by atoms with Crippen molar-refractivity contribution in [2.24, 2.45) is 0 Å². The number of aryl methyl sites for hydroxylation is 2. The summed E-state index contributed by atoms with van der Waals surface area (Å²) in [6, 6.07) is 9.93. The van der Waals surface area contributed by atoms with E-state index in [9.17, 15) is 9.90 Å². The van der Waals surface area contributed by atoms with Crippen LogP contribution in [0.3, 0.4) is 0 Å². The van der Waals surface area contributed by atoms with Crippen LogP contribution in [0, 0.1) is 13.8 Å². The van der Waals surface area contributed by atoms with E-state index in [0.717, 1.165) is 38.9 Å². The summed E-state index contributed by atoms with van der Waals surface area (Å²) in [6.07, 6.45) is 2.24. The number of hydrogen-bond acceptors (Lipinski definition) is 5. The van der Waals surface area contributed by atoms with Crippen LogP contribution in [0.5, 0.6) is 0 Å². The zero-order chi connectivity index (χ0) is 19.6. The van der Waals surface area contributed by atoms with E-state index in [1.807, 2.05) is 51.1 Å². The second-order valence-corrected chi connectivity index (χ2v) is 7.78. The van der Waals surface area contributed by atoms with Crippen molar-refractivity contribution < 1.29 is 14.3 Å². The van der Waals surface area contributed by atoms with Crippen molar-refractivity contribution in [3.8, 4) is 5.69 Å². The number of aromatic nitrogens is 3. The first kappa shape index (κ1) is 19.4. The van der Waals surface area contributed by atoms with Crippen LogP contribution in [0.4, 0.5) is 0 Å². The van der Waals surface area contributed by atoms with Crippen LogP contribution in [-0.2, 0) is 11.2 Å². The first-order valence-corrected chi connectivity index (χ1v) is 9.90. The molecule has 0 atom stereocenters. The number of aliphatic carboxylic acids is 1. The molecule has 0 saturated heterocycles. The minimum atomic E-state index is -1.04. The van der Waals surface area contributed by atoms with Gasteiger partial charge in [0.2, 0.25) is 5.89 Å². The Labute approximate surface area is 169 Å². The van der Waals surface area contributed by atoms with Gasteiger partial charge < -0.3 is 14.1 Å². The number of carboxylic acids is 1. The molecule has 6 nitrogen and oxygen atoms in total. The molecule has 0 aliphatic heterocycles. The quantitative estimate of drug-likeness (QED) is 0.421. The van der Waals surface area contributed by atoms with Crippen molar-refractivity contribution in [2.45, 2.75) is 32.4 Å². The number of hydrogen-bond donors (Lipinski definition) is 1. The summed E-state index contributed by atoms with van der Waals surface area (Å²) in [4.78, 5) is 11.8. The molecule has 0 spiro atoms. The minimum absolute atomic E-state index is 0.123. The Morgan fingerprint density at radius 2 is 2.00 bits per heavy atom. The van der Waals surface area contributed by atoms with Gasteiger partial charge in [0.05, 0.1) is 0 Å². The van der Waals surface area contributed by atoms with E-state index in [0.29, 0.717) is 12.3 Å². The Balaban J connectivity index is 1.97. The Morgan fingerprint density at radius 1 is 1.30 bits per heavy atom. The third-order valence-corrected chi connectivity index (χ3v) is 5.38. The van der Waals surface area contributed by atoms with Crippen LogP contribution in [0.1, 0.15) is 29.8 Å². The average molecular weight is 448 g/mol. The molecule has 3 rings (SSSR count). The summed E-state index contributed by atoms with van der Waals surface area (Å²) in [5.74, 6) is -0.555. The van der Waals surface area contributed by atoms with Crippen molar-refractivity contribution in [3.05, 3.63) is 62.6 Å². The molecule has 3 aromatic rings. The number of halogens is 1. The molecular weight excluding hydrogens is 430 g/mol. The molecule has 1 N–H and O–H groups in total. The molecule has 0 radical (unpaired) electrons. The number of carbonyl (C=O) groups is 1. The van der Waals surface area contributed by atoms with E-state index >= 15 is 0 Å². The maximum atomic E-state index is 11.7. The Bertz CT molecular complexity index is 1010. The van der Waals surface area contributed by atoms with Crippen LogP contribution in [-0.4, -0.2) is 25.8 Å². The van der Waals surface area contributed by atoms with Crippen molar-refractivity contribution >= 4 is 39.7 Å². The lowest BCUT2D eigenvalue weighted by molar-refractivity contribution is -0.131. The van der Waals surface area contributed by atoms with Gasteiger partial charge in [0.1, 0.15) is 4.91 Å². The molecule has 0 unspecified atom stereocenters. The molecule has 2 heterocycles. The molecule has 0 aliphatic carbocycles. The smallest absolute Gasteiger partial charge is 0.342 e. The summed E-state index contributed by atoms with van der Waals surface area (Å²) in [6.45, 7) is 5.85. The van der Waals surface area contributed by atoms with Gasteiger partial charge in [0.25, 0.3) is 5.22 Å². The van der Waals surface area contributed by atoms with E-state index < -0.39 is 5.97 Å².